The standard InChI is InChI=1S/C19H21Cl2N3O2/c1-11-3-2-7-23-17(18(11)25)13-10-24(8-6-16(13)22)19(26)12-4-5-14(20)15(21)9-12/h4-5,9,11H,2-3,6-8,10,22H2,1H3. The van der Waals surface area contributed by atoms with Crippen LogP contribution in [0.5, 0.6) is 0 Å². The Kier molecular flexibility index (Phi) is 5.68. The predicted molar refractivity (Wildman–Crippen MR) is 104 cm³/mol. The Bertz CT molecular complexity index is 817. The van der Waals surface area contributed by atoms with Crippen LogP contribution >= 0.6 is 23.2 Å². The van der Waals surface area contributed by atoms with E-state index in [1.54, 1.807) is 23.1 Å². The molecular weight excluding hydrogens is 373 g/mol. The summed E-state index contributed by atoms with van der Waals surface area (Å²) in [6, 6.07) is 4.81. The molecular formula is C19H21Cl2N3O2. The molecule has 7 heteroatoms. The number of aliphatic imine (C=N–C) groups is 1. The molecule has 2 heterocycles. The largest absolute Gasteiger partial charge is 0.402 e. The Morgan fingerprint density at radius 2 is 2.08 bits per heavy atom. The fraction of sp³-hybridized carbons (Fsp3) is 0.421. The van der Waals surface area contributed by atoms with E-state index < -0.39 is 0 Å². The summed E-state index contributed by atoms with van der Waals surface area (Å²) in [5, 5.41) is 0.737. The average Bonchev–Trinajstić information content (AvgIpc) is 2.79. The number of nitrogens with two attached hydrogens (primary N) is 1. The van der Waals surface area contributed by atoms with Gasteiger partial charge in [-0.05, 0) is 31.0 Å². The van der Waals surface area contributed by atoms with Crippen LogP contribution in [0, 0.1) is 5.92 Å². The van der Waals surface area contributed by atoms with Crippen LogP contribution in [0.15, 0.2) is 34.5 Å². The Labute approximate surface area is 162 Å². The number of carbonyl (C=O) groups excluding carboxylic acids is 2. The molecule has 0 aromatic heterocycles. The van der Waals surface area contributed by atoms with Gasteiger partial charge in [-0.15, -0.1) is 0 Å². The van der Waals surface area contributed by atoms with Gasteiger partial charge in [0.2, 0.25) is 0 Å². The highest BCUT2D eigenvalue weighted by molar-refractivity contribution is 6.47. The number of nitrogens with zero attached hydrogens (tertiary/aromatic N) is 2. The van der Waals surface area contributed by atoms with Crippen molar-refractivity contribution in [2.24, 2.45) is 16.6 Å². The number of hydrogen-bond donors (Lipinski definition) is 1. The molecule has 1 aromatic rings. The summed E-state index contributed by atoms with van der Waals surface area (Å²) in [6.45, 7) is 3.30. The third kappa shape index (κ3) is 3.79. The van der Waals surface area contributed by atoms with Crippen LogP contribution in [0.2, 0.25) is 10.0 Å². The van der Waals surface area contributed by atoms with E-state index in [1.807, 2.05) is 6.92 Å². The van der Waals surface area contributed by atoms with Crippen molar-refractivity contribution in [3.05, 3.63) is 45.1 Å². The van der Waals surface area contributed by atoms with Gasteiger partial charge in [0.1, 0.15) is 5.71 Å². The van der Waals surface area contributed by atoms with Crippen LogP contribution < -0.4 is 5.73 Å². The summed E-state index contributed by atoms with van der Waals surface area (Å²) in [4.78, 5) is 31.7. The first-order valence-corrected chi connectivity index (χ1v) is 9.45. The normalized spacial score (nSPS) is 21.5. The molecule has 0 radical (unpaired) electrons. The summed E-state index contributed by atoms with van der Waals surface area (Å²) >= 11 is 12.0. The van der Waals surface area contributed by atoms with Crippen molar-refractivity contribution in [3.8, 4) is 0 Å². The molecule has 5 nitrogen and oxygen atoms in total. The molecule has 3 rings (SSSR count). The second-order valence-corrected chi connectivity index (χ2v) is 7.56. The van der Waals surface area contributed by atoms with Crippen LogP contribution in [0.1, 0.15) is 36.5 Å². The number of benzene rings is 1. The maximum atomic E-state index is 12.8. The molecule has 26 heavy (non-hydrogen) atoms. The lowest BCUT2D eigenvalue weighted by Gasteiger charge is -2.30. The van der Waals surface area contributed by atoms with Crippen molar-refractivity contribution < 1.29 is 9.59 Å². The lowest BCUT2D eigenvalue weighted by atomic mass is 9.91. The number of amides is 1. The first-order valence-electron chi connectivity index (χ1n) is 8.69. The van der Waals surface area contributed by atoms with Crippen molar-refractivity contribution in [3.63, 3.8) is 0 Å². The highest BCUT2D eigenvalue weighted by Gasteiger charge is 2.31. The molecule has 1 aromatic carbocycles. The maximum absolute atomic E-state index is 12.8. The number of rotatable bonds is 2. The topological polar surface area (TPSA) is 75.8 Å². The molecule has 2 N–H and O–H groups in total. The minimum Gasteiger partial charge on any atom is -0.402 e. The highest BCUT2D eigenvalue weighted by Crippen LogP contribution is 2.26. The minimum atomic E-state index is -0.164. The summed E-state index contributed by atoms with van der Waals surface area (Å²) in [6.07, 6.45) is 2.23. The number of carbonyl (C=O) groups is 2. The van der Waals surface area contributed by atoms with E-state index in [1.165, 1.54) is 0 Å². The van der Waals surface area contributed by atoms with Gasteiger partial charge < -0.3 is 10.6 Å². The third-order valence-corrected chi connectivity index (χ3v) is 5.61. The van der Waals surface area contributed by atoms with Gasteiger partial charge in [-0.1, -0.05) is 30.1 Å². The van der Waals surface area contributed by atoms with E-state index >= 15 is 0 Å². The molecule has 2 aliphatic heterocycles. The number of ketones is 1. The van der Waals surface area contributed by atoms with Gasteiger partial charge in [-0.3, -0.25) is 14.6 Å². The van der Waals surface area contributed by atoms with Crippen molar-refractivity contribution in [1.29, 1.82) is 0 Å². The lowest BCUT2D eigenvalue weighted by Crippen LogP contribution is -2.41. The Hall–Kier alpha value is -1.85. The van der Waals surface area contributed by atoms with Crippen LogP contribution in [0.4, 0.5) is 0 Å². The SMILES string of the molecule is CC1CCCN=C(C2=C(N)CCN(C(=O)c3ccc(Cl)c(Cl)c3)C2)C1=O. The van der Waals surface area contributed by atoms with Crippen molar-refractivity contribution in [2.45, 2.75) is 26.2 Å². The highest BCUT2D eigenvalue weighted by atomic mass is 35.5. The molecule has 0 saturated heterocycles. The van der Waals surface area contributed by atoms with E-state index in [2.05, 4.69) is 4.99 Å². The Balaban J connectivity index is 1.85. The second kappa shape index (κ2) is 7.80. The van der Waals surface area contributed by atoms with E-state index in [-0.39, 0.29) is 24.2 Å². The van der Waals surface area contributed by atoms with E-state index in [0.717, 1.165) is 12.8 Å². The molecule has 1 atom stereocenters. The fourth-order valence-electron chi connectivity index (χ4n) is 3.26. The van der Waals surface area contributed by atoms with E-state index in [9.17, 15) is 9.59 Å². The monoisotopic (exact) mass is 393 g/mol. The molecule has 0 spiro atoms. The zero-order chi connectivity index (χ0) is 18.8. The van der Waals surface area contributed by atoms with Crippen LogP contribution in [-0.2, 0) is 4.79 Å². The van der Waals surface area contributed by atoms with Crippen LogP contribution in [0.3, 0.4) is 0 Å². The first kappa shape index (κ1) is 18.9. The maximum Gasteiger partial charge on any atom is 0.254 e. The van der Waals surface area contributed by atoms with Crippen LogP contribution in [0.25, 0.3) is 0 Å². The molecule has 1 amide bonds. The lowest BCUT2D eigenvalue weighted by molar-refractivity contribution is -0.116. The average molecular weight is 394 g/mol. The fourth-order valence-corrected chi connectivity index (χ4v) is 3.56. The number of Topliss-reactive ketones (excluding diaryl/α,β-unsaturated/α-hetero) is 1. The van der Waals surface area contributed by atoms with Gasteiger partial charge >= 0.3 is 0 Å². The molecule has 0 saturated carbocycles. The van der Waals surface area contributed by atoms with Crippen LogP contribution in [-0.4, -0.2) is 41.9 Å². The van der Waals surface area contributed by atoms with Gasteiger partial charge in [-0.2, -0.15) is 0 Å². The molecule has 138 valence electrons. The summed E-state index contributed by atoms with van der Waals surface area (Å²) in [7, 11) is 0. The molecule has 0 fully saturated rings. The molecule has 1 unspecified atom stereocenters. The number of halogens is 2. The summed E-state index contributed by atoms with van der Waals surface area (Å²) in [5.41, 5.74) is 8.41. The summed E-state index contributed by atoms with van der Waals surface area (Å²) in [5.74, 6) is -0.217. The Morgan fingerprint density at radius 3 is 2.81 bits per heavy atom. The van der Waals surface area contributed by atoms with Gasteiger partial charge in [-0.25, -0.2) is 0 Å². The van der Waals surface area contributed by atoms with Crippen molar-refractivity contribution >= 4 is 40.6 Å². The molecule has 2 aliphatic rings. The zero-order valence-electron chi connectivity index (χ0n) is 14.6. The molecule has 0 aliphatic carbocycles. The zero-order valence-corrected chi connectivity index (χ0v) is 16.1. The molecule has 0 bridgehead atoms. The Morgan fingerprint density at radius 1 is 1.31 bits per heavy atom. The summed E-state index contributed by atoms with van der Waals surface area (Å²) < 4.78 is 0. The van der Waals surface area contributed by atoms with E-state index in [4.69, 9.17) is 28.9 Å². The number of hydrogen-bond acceptors (Lipinski definition) is 4. The second-order valence-electron chi connectivity index (χ2n) is 6.75. The minimum absolute atomic E-state index is 0.0179. The van der Waals surface area contributed by atoms with Gasteiger partial charge in [0.05, 0.1) is 10.0 Å². The first-order chi connectivity index (χ1) is 12.4. The predicted octanol–water partition coefficient (Wildman–Crippen LogP) is 3.49. The van der Waals surface area contributed by atoms with E-state index in [0.29, 0.717) is 52.1 Å². The smallest absolute Gasteiger partial charge is 0.254 e. The van der Waals surface area contributed by atoms with Crippen molar-refractivity contribution in [2.75, 3.05) is 19.6 Å². The van der Waals surface area contributed by atoms with Crippen molar-refractivity contribution in [1.82, 2.24) is 4.90 Å². The third-order valence-electron chi connectivity index (χ3n) is 4.87. The van der Waals surface area contributed by atoms with Gasteiger partial charge in [0.15, 0.2) is 5.78 Å². The van der Waals surface area contributed by atoms with Gasteiger partial charge in [0, 0.05) is 48.8 Å². The quantitative estimate of drug-likeness (QED) is 0.834. The van der Waals surface area contributed by atoms with Gasteiger partial charge in [0.25, 0.3) is 5.91 Å².